The van der Waals surface area contributed by atoms with Crippen LogP contribution >= 0.6 is 12.4 Å². The number of hydrogen-bond donors (Lipinski definition) is 1. The lowest BCUT2D eigenvalue weighted by atomic mass is 9.97. The molecule has 3 nitrogen and oxygen atoms in total. The molecular formula is C11H10ClF4NO2. The molecule has 0 unspecified atom stereocenters. The first-order chi connectivity index (χ1) is 8.38. The second kappa shape index (κ2) is 5.64. The summed E-state index contributed by atoms with van der Waals surface area (Å²) in [6.07, 6.45) is -5.23. The number of cyclic esters (lactones) is 1. The van der Waals surface area contributed by atoms with Gasteiger partial charge >= 0.3 is 12.3 Å². The van der Waals surface area contributed by atoms with Gasteiger partial charge in [-0.3, -0.25) is 0 Å². The minimum absolute atomic E-state index is 0. The Hall–Kier alpha value is -1.50. The zero-order valence-corrected chi connectivity index (χ0v) is 10.3. The Labute approximate surface area is 112 Å². The van der Waals surface area contributed by atoms with Crippen LogP contribution in [0.2, 0.25) is 0 Å². The van der Waals surface area contributed by atoms with Crippen molar-refractivity contribution in [1.82, 2.24) is 5.32 Å². The molecule has 2 rings (SSSR count). The quantitative estimate of drug-likeness (QED) is 0.807. The van der Waals surface area contributed by atoms with Gasteiger partial charge in [-0.15, -0.1) is 12.4 Å². The maximum absolute atomic E-state index is 13.1. The van der Waals surface area contributed by atoms with Crippen molar-refractivity contribution in [3.8, 4) is 0 Å². The fourth-order valence-electron chi connectivity index (χ4n) is 1.84. The zero-order valence-electron chi connectivity index (χ0n) is 9.46. The molecule has 1 fully saturated rings. The molecule has 1 N–H and O–H groups in total. The van der Waals surface area contributed by atoms with Crippen LogP contribution in [-0.2, 0) is 10.9 Å². The van der Waals surface area contributed by atoms with Crippen LogP contribution in [0.3, 0.4) is 0 Å². The number of halogens is 5. The lowest BCUT2D eigenvalue weighted by Gasteiger charge is -2.26. The predicted octanol–water partition coefficient (Wildman–Crippen LogP) is 3.44. The maximum atomic E-state index is 13.1. The largest absolute Gasteiger partial charge is 0.449 e. The first-order valence-corrected chi connectivity index (χ1v) is 5.18. The fraction of sp³-hybridized carbons (Fsp3) is 0.364. The molecule has 0 aliphatic carbocycles. The van der Waals surface area contributed by atoms with Crippen molar-refractivity contribution in [2.75, 3.05) is 6.61 Å². The average molecular weight is 300 g/mol. The van der Waals surface area contributed by atoms with E-state index in [2.05, 4.69) is 10.1 Å². The number of ether oxygens (including phenoxy) is 1. The standard InChI is InChI=1S/C11H9F4NO2.ClH/c12-6-1-2-8(11(13,14)15)7(5-6)9-3-4-18-10(17)16-9;/h1-2,5,9H,3-4H2,(H,16,17);1H/t9-;/m1./s1. The second-order valence-corrected chi connectivity index (χ2v) is 3.85. The maximum Gasteiger partial charge on any atom is 0.416 e. The van der Waals surface area contributed by atoms with Crippen molar-refractivity contribution in [1.29, 1.82) is 0 Å². The van der Waals surface area contributed by atoms with Crippen LogP contribution in [0, 0.1) is 5.82 Å². The van der Waals surface area contributed by atoms with Gasteiger partial charge in [0, 0.05) is 6.42 Å². The summed E-state index contributed by atoms with van der Waals surface area (Å²) < 4.78 is 55.9. The van der Waals surface area contributed by atoms with Gasteiger partial charge in [-0.05, 0) is 23.8 Å². The third-order valence-corrected chi connectivity index (χ3v) is 2.63. The van der Waals surface area contributed by atoms with Crippen molar-refractivity contribution >= 4 is 18.5 Å². The first-order valence-electron chi connectivity index (χ1n) is 5.18. The highest BCUT2D eigenvalue weighted by Crippen LogP contribution is 2.36. The van der Waals surface area contributed by atoms with Crippen molar-refractivity contribution in [3.63, 3.8) is 0 Å². The summed E-state index contributed by atoms with van der Waals surface area (Å²) in [4.78, 5) is 11.0. The van der Waals surface area contributed by atoms with Crippen molar-refractivity contribution in [2.45, 2.75) is 18.6 Å². The van der Waals surface area contributed by atoms with E-state index in [9.17, 15) is 22.4 Å². The molecule has 0 spiro atoms. The highest BCUT2D eigenvalue weighted by atomic mass is 35.5. The molecule has 1 atom stereocenters. The number of nitrogens with one attached hydrogen (secondary N) is 1. The number of amides is 1. The molecule has 106 valence electrons. The van der Waals surface area contributed by atoms with E-state index in [4.69, 9.17) is 0 Å². The molecule has 0 bridgehead atoms. The summed E-state index contributed by atoms with van der Waals surface area (Å²) in [5.41, 5.74) is -1.23. The Morgan fingerprint density at radius 3 is 2.58 bits per heavy atom. The summed E-state index contributed by atoms with van der Waals surface area (Å²) in [6, 6.07) is 1.32. The SMILES string of the molecule is Cl.O=C1N[C@@H](c2cc(F)ccc2C(F)(F)F)CCO1. The molecule has 1 aromatic rings. The van der Waals surface area contributed by atoms with E-state index in [1.165, 1.54) is 0 Å². The van der Waals surface area contributed by atoms with Crippen LogP contribution in [-0.4, -0.2) is 12.7 Å². The molecule has 1 aliphatic rings. The molecule has 8 heteroatoms. The van der Waals surface area contributed by atoms with Gasteiger partial charge < -0.3 is 10.1 Å². The van der Waals surface area contributed by atoms with Crippen LogP contribution in [0.5, 0.6) is 0 Å². The molecule has 1 heterocycles. The first kappa shape index (κ1) is 15.6. The molecule has 0 aromatic heterocycles. The summed E-state index contributed by atoms with van der Waals surface area (Å²) in [5, 5.41) is 2.24. The number of rotatable bonds is 1. The highest BCUT2D eigenvalue weighted by Gasteiger charge is 2.36. The predicted molar refractivity (Wildman–Crippen MR) is 60.5 cm³/mol. The van der Waals surface area contributed by atoms with Gasteiger partial charge in [0.2, 0.25) is 0 Å². The third-order valence-electron chi connectivity index (χ3n) is 2.63. The van der Waals surface area contributed by atoms with E-state index in [0.29, 0.717) is 6.07 Å². The molecule has 1 aromatic carbocycles. The lowest BCUT2D eigenvalue weighted by molar-refractivity contribution is -0.138. The van der Waals surface area contributed by atoms with Crippen LogP contribution in [0.15, 0.2) is 18.2 Å². The lowest BCUT2D eigenvalue weighted by Crippen LogP contribution is -2.36. The molecule has 19 heavy (non-hydrogen) atoms. The minimum atomic E-state index is -4.59. The van der Waals surface area contributed by atoms with E-state index >= 15 is 0 Å². The Bertz CT molecular complexity index is 478. The number of carbonyl (C=O) groups is 1. The number of carbonyl (C=O) groups excluding carboxylic acids is 1. The smallest absolute Gasteiger partial charge is 0.416 e. The van der Waals surface area contributed by atoms with Gasteiger partial charge in [0.25, 0.3) is 0 Å². The van der Waals surface area contributed by atoms with Crippen molar-refractivity contribution in [3.05, 3.63) is 35.1 Å². The Morgan fingerprint density at radius 2 is 2.00 bits per heavy atom. The molecular weight excluding hydrogens is 290 g/mol. The Balaban J connectivity index is 0.00000180. The highest BCUT2D eigenvalue weighted by molar-refractivity contribution is 5.85. The number of alkyl halides is 3. The monoisotopic (exact) mass is 299 g/mol. The topological polar surface area (TPSA) is 38.3 Å². The third kappa shape index (κ3) is 3.50. The molecule has 0 saturated carbocycles. The number of benzene rings is 1. The van der Waals surface area contributed by atoms with E-state index in [1.807, 2.05) is 0 Å². The van der Waals surface area contributed by atoms with Gasteiger partial charge in [-0.1, -0.05) is 0 Å². The molecule has 0 radical (unpaired) electrons. The van der Waals surface area contributed by atoms with Crippen LogP contribution in [0.1, 0.15) is 23.6 Å². The van der Waals surface area contributed by atoms with E-state index in [1.54, 1.807) is 0 Å². The molecule has 1 aliphatic heterocycles. The van der Waals surface area contributed by atoms with Gasteiger partial charge in [-0.2, -0.15) is 13.2 Å². The normalized spacial score (nSPS) is 19.2. The van der Waals surface area contributed by atoms with Gasteiger partial charge in [0.15, 0.2) is 0 Å². The van der Waals surface area contributed by atoms with E-state index in [-0.39, 0.29) is 31.0 Å². The van der Waals surface area contributed by atoms with Crippen molar-refractivity contribution in [2.24, 2.45) is 0 Å². The minimum Gasteiger partial charge on any atom is -0.449 e. The summed E-state index contributed by atoms with van der Waals surface area (Å²) in [5.74, 6) is -0.779. The van der Waals surface area contributed by atoms with Crippen LogP contribution in [0.25, 0.3) is 0 Å². The van der Waals surface area contributed by atoms with Gasteiger partial charge in [-0.25, -0.2) is 9.18 Å². The number of alkyl carbamates (subject to hydrolysis) is 1. The summed E-state index contributed by atoms with van der Waals surface area (Å²) in [7, 11) is 0. The summed E-state index contributed by atoms with van der Waals surface area (Å²) in [6.45, 7) is 0.00428. The van der Waals surface area contributed by atoms with Crippen LogP contribution in [0.4, 0.5) is 22.4 Å². The average Bonchev–Trinajstić information content (AvgIpc) is 2.27. The van der Waals surface area contributed by atoms with Crippen LogP contribution < -0.4 is 5.32 Å². The Morgan fingerprint density at radius 1 is 1.32 bits per heavy atom. The van der Waals surface area contributed by atoms with Gasteiger partial charge in [0.05, 0.1) is 18.2 Å². The fourth-order valence-corrected chi connectivity index (χ4v) is 1.84. The number of hydrogen-bond acceptors (Lipinski definition) is 2. The molecule has 1 saturated heterocycles. The Kier molecular flexibility index (Phi) is 4.62. The van der Waals surface area contributed by atoms with E-state index in [0.717, 1.165) is 12.1 Å². The van der Waals surface area contributed by atoms with Gasteiger partial charge in [0.1, 0.15) is 5.82 Å². The second-order valence-electron chi connectivity index (χ2n) is 3.85. The van der Waals surface area contributed by atoms with Crippen molar-refractivity contribution < 1.29 is 27.1 Å². The zero-order chi connectivity index (χ0) is 13.3. The molecule has 1 amide bonds. The van der Waals surface area contributed by atoms with E-state index < -0.39 is 29.7 Å². The summed E-state index contributed by atoms with van der Waals surface area (Å²) >= 11 is 0.